The number of nitrogens with zero attached hydrogens (tertiary/aromatic N) is 1. The van der Waals surface area contributed by atoms with Gasteiger partial charge in [-0.25, -0.2) is 0 Å². The van der Waals surface area contributed by atoms with Gasteiger partial charge in [0.1, 0.15) is 0 Å². The molecule has 1 unspecified atom stereocenters. The van der Waals surface area contributed by atoms with Gasteiger partial charge in [0.25, 0.3) is 0 Å². The van der Waals surface area contributed by atoms with Gasteiger partial charge in [-0.15, -0.1) is 0 Å². The van der Waals surface area contributed by atoms with Crippen molar-refractivity contribution in [3.63, 3.8) is 0 Å². The highest BCUT2D eigenvalue weighted by molar-refractivity contribution is 4.66. The molecule has 2 N–H and O–H groups in total. The molecule has 1 aliphatic heterocycles. The van der Waals surface area contributed by atoms with Crippen LogP contribution in [0, 0.1) is 0 Å². The summed E-state index contributed by atoms with van der Waals surface area (Å²) in [5.74, 6) is 0. The van der Waals surface area contributed by atoms with Crippen LogP contribution in [0.4, 0.5) is 0 Å². The lowest BCUT2D eigenvalue weighted by Crippen LogP contribution is -2.28. The number of hydrogen-bond acceptors (Lipinski definition) is 3. The Morgan fingerprint density at radius 2 is 2.33 bits per heavy atom. The zero-order valence-corrected chi connectivity index (χ0v) is 7.96. The van der Waals surface area contributed by atoms with Crippen LogP contribution in [0.15, 0.2) is 0 Å². The summed E-state index contributed by atoms with van der Waals surface area (Å²) in [4.78, 5) is 2.27. The summed E-state index contributed by atoms with van der Waals surface area (Å²) < 4.78 is 5.52. The first kappa shape index (κ1) is 9.96. The van der Waals surface area contributed by atoms with E-state index in [4.69, 9.17) is 10.5 Å². The topological polar surface area (TPSA) is 38.5 Å². The molecule has 3 nitrogen and oxygen atoms in total. The van der Waals surface area contributed by atoms with Crippen LogP contribution in [0.3, 0.4) is 0 Å². The zero-order chi connectivity index (χ0) is 8.81. The fourth-order valence-electron chi connectivity index (χ4n) is 1.57. The predicted octanol–water partition coefficient (Wildman–Crippen LogP) is 0.446. The molecule has 0 bridgehead atoms. The van der Waals surface area contributed by atoms with E-state index < -0.39 is 0 Å². The van der Waals surface area contributed by atoms with Crippen molar-refractivity contribution in [2.45, 2.75) is 25.4 Å². The Labute approximate surface area is 74.9 Å². The lowest BCUT2D eigenvalue weighted by atomic mass is 10.2. The van der Waals surface area contributed by atoms with E-state index in [0.717, 1.165) is 32.7 Å². The van der Waals surface area contributed by atoms with Gasteiger partial charge >= 0.3 is 0 Å². The number of likely N-dealkylation sites (N-methyl/N-ethyl adjacent to an activating group) is 1. The van der Waals surface area contributed by atoms with E-state index in [1.54, 1.807) is 0 Å². The fraction of sp³-hybridized carbons (Fsp3) is 1.00. The summed E-state index contributed by atoms with van der Waals surface area (Å²) in [7, 11) is 2.11. The highest BCUT2D eigenvalue weighted by atomic mass is 16.5. The highest BCUT2D eigenvalue weighted by Gasteiger charge is 2.15. The van der Waals surface area contributed by atoms with Gasteiger partial charge in [0.05, 0.1) is 6.10 Å². The third kappa shape index (κ3) is 3.52. The second-order valence-electron chi connectivity index (χ2n) is 3.52. The van der Waals surface area contributed by atoms with Crippen molar-refractivity contribution >= 4 is 0 Å². The van der Waals surface area contributed by atoms with Crippen molar-refractivity contribution in [1.82, 2.24) is 4.90 Å². The molecule has 0 radical (unpaired) electrons. The van der Waals surface area contributed by atoms with Gasteiger partial charge in [0, 0.05) is 26.2 Å². The van der Waals surface area contributed by atoms with Gasteiger partial charge in [0.15, 0.2) is 0 Å². The van der Waals surface area contributed by atoms with Crippen molar-refractivity contribution in [3.8, 4) is 0 Å². The molecule has 1 heterocycles. The van der Waals surface area contributed by atoms with E-state index in [1.165, 1.54) is 12.8 Å². The molecule has 1 atom stereocenters. The van der Waals surface area contributed by atoms with Gasteiger partial charge in [-0.05, 0) is 26.3 Å². The number of rotatable bonds is 5. The molecule has 0 aromatic heterocycles. The van der Waals surface area contributed by atoms with E-state index in [9.17, 15) is 0 Å². The smallest absolute Gasteiger partial charge is 0.0588 e. The molecule has 0 aromatic carbocycles. The summed E-state index contributed by atoms with van der Waals surface area (Å²) in [6.45, 7) is 3.82. The lowest BCUT2D eigenvalue weighted by Gasteiger charge is -2.17. The van der Waals surface area contributed by atoms with E-state index in [0.29, 0.717) is 6.10 Å². The van der Waals surface area contributed by atoms with Crippen LogP contribution in [0.2, 0.25) is 0 Å². The molecule has 0 aliphatic carbocycles. The van der Waals surface area contributed by atoms with E-state index in [2.05, 4.69) is 11.9 Å². The van der Waals surface area contributed by atoms with Gasteiger partial charge < -0.3 is 15.4 Å². The van der Waals surface area contributed by atoms with Crippen LogP contribution in [-0.4, -0.2) is 44.3 Å². The lowest BCUT2D eigenvalue weighted by molar-refractivity contribution is 0.0954. The first-order valence-electron chi connectivity index (χ1n) is 4.83. The molecule has 1 saturated heterocycles. The van der Waals surface area contributed by atoms with Gasteiger partial charge in [-0.2, -0.15) is 0 Å². The highest BCUT2D eigenvalue weighted by Crippen LogP contribution is 2.15. The Kier molecular flexibility index (Phi) is 4.58. The Balaban J connectivity index is 1.99. The first-order chi connectivity index (χ1) is 5.83. The van der Waals surface area contributed by atoms with Crippen molar-refractivity contribution in [2.24, 2.45) is 5.73 Å². The Morgan fingerprint density at radius 3 is 2.92 bits per heavy atom. The SMILES string of the molecule is CN(CCN)CCC1CCCO1. The van der Waals surface area contributed by atoms with Gasteiger partial charge in [-0.1, -0.05) is 0 Å². The van der Waals surface area contributed by atoms with Crippen LogP contribution >= 0.6 is 0 Å². The first-order valence-corrected chi connectivity index (χ1v) is 4.83. The monoisotopic (exact) mass is 172 g/mol. The molecule has 0 spiro atoms. The molecule has 0 saturated carbocycles. The quantitative estimate of drug-likeness (QED) is 0.654. The summed E-state index contributed by atoms with van der Waals surface area (Å²) in [5, 5.41) is 0. The Bertz CT molecular complexity index is 113. The third-order valence-electron chi connectivity index (χ3n) is 2.37. The molecular formula is C9H20N2O. The van der Waals surface area contributed by atoms with Crippen molar-refractivity contribution in [3.05, 3.63) is 0 Å². The average Bonchev–Trinajstić information content (AvgIpc) is 2.53. The largest absolute Gasteiger partial charge is 0.378 e. The minimum atomic E-state index is 0.519. The molecule has 1 aliphatic rings. The maximum absolute atomic E-state index is 5.52. The third-order valence-corrected chi connectivity index (χ3v) is 2.37. The van der Waals surface area contributed by atoms with Gasteiger partial charge in [0.2, 0.25) is 0 Å². The molecule has 1 fully saturated rings. The summed E-state index contributed by atoms with van der Waals surface area (Å²) in [6.07, 6.45) is 4.17. The van der Waals surface area contributed by atoms with E-state index in [-0.39, 0.29) is 0 Å². The maximum atomic E-state index is 5.52. The Hall–Kier alpha value is -0.120. The second kappa shape index (κ2) is 5.51. The number of nitrogens with two attached hydrogens (primary N) is 1. The maximum Gasteiger partial charge on any atom is 0.0588 e. The normalized spacial score (nSPS) is 23.8. The number of ether oxygens (including phenoxy) is 1. The predicted molar refractivity (Wildman–Crippen MR) is 50.1 cm³/mol. The number of hydrogen-bond donors (Lipinski definition) is 1. The minimum Gasteiger partial charge on any atom is -0.378 e. The summed E-state index contributed by atoms with van der Waals surface area (Å²) in [6, 6.07) is 0. The summed E-state index contributed by atoms with van der Waals surface area (Å²) >= 11 is 0. The Morgan fingerprint density at radius 1 is 1.50 bits per heavy atom. The minimum absolute atomic E-state index is 0.519. The molecule has 72 valence electrons. The van der Waals surface area contributed by atoms with Crippen LogP contribution < -0.4 is 5.73 Å². The second-order valence-corrected chi connectivity index (χ2v) is 3.52. The van der Waals surface area contributed by atoms with Crippen molar-refractivity contribution in [2.75, 3.05) is 33.3 Å². The summed E-state index contributed by atoms with van der Waals surface area (Å²) in [5.41, 5.74) is 5.44. The standard InChI is InChI=1S/C9H20N2O/c1-11(7-5-10)6-4-9-3-2-8-12-9/h9H,2-8,10H2,1H3. The van der Waals surface area contributed by atoms with E-state index in [1.807, 2.05) is 0 Å². The van der Waals surface area contributed by atoms with Gasteiger partial charge in [-0.3, -0.25) is 0 Å². The molecule has 1 rings (SSSR count). The molecule has 12 heavy (non-hydrogen) atoms. The van der Waals surface area contributed by atoms with Crippen LogP contribution in [-0.2, 0) is 4.74 Å². The molecule has 0 aromatic rings. The van der Waals surface area contributed by atoms with Crippen LogP contribution in [0.1, 0.15) is 19.3 Å². The average molecular weight is 172 g/mol. The molecule has 3 heteroatoms. The fourth-order valence-corrected chi connectivity index (χ4v) is 1.57. The van der Waals surface area contributed by atoms with Crippen molar-refractivity contribution in [1.29, 1.82) is 0 Å². The zero-order valence-electron chi connectivity index (χ0n) is 7.96. The molecular weight excluding hydrogens is 152 g/mol. The van der Waals surface area contributed by atoms with Crippen LogP contribution in [0.25, 0.3) is 0 Å². The van der Waals surface area contributed by atoms with E-state index >= 15 is 0 Å². The van der Waals surface area contributed by atoms with Crippen molar-refractivity contribution < 1.29 is 4.74 Å². The molecule has 0 amide bonds. The van der Waals surface area contributed by atoms with Crippen LogP contribution in [0.5, 0.6) is 0 Å².